The van der Waals surface area contributed by atoms with E-state index in [2.05, 4.69) is 5.32 Å². The van der Waals surface area contributed by atoms with E-state index >= 15 is 0 Å². The van der Waals surface area contributed by atoms with Crippen molar-refractivity contribution in [3.05, 3.63) is 23.3 Å². The summed E-state index contributed by atoms with van der Waals surface area (Å²) in [5.41, 5.74) is 0.332. The average molecular weight is 287 g/mol. The number of hydrogen-bond acceptors (Lipinski definition) is 5. The highest BCUT2D eigenvalue weighted by molar-refractivity contribution is 5.90. The minimum Gasteiger partial charge on any atom is -0.504 e. The summed E-state index contributed by atoms with van der Waals surface area (Å²) in [7, 11) is 0. The summed E-state index contributed by atoms with van der Waals surface area (Å²) in [5.74, 6) is 0.542. The summed E-state index contributed by atoms with van der Waals surface area (Å²) in [6, 6.07) is 3.49. The highest BCUT2D eigenvalue weighted by Gasteiger charge is 2.71. The van der Waals surface area contributed by atoms with Gasteiger partial charge in [-0.15, -0.1) is 0 Å². The van der Waals surface area contributed by atoms with Crippen LogP contribution in [0, 0.1) is 0 Å². The number of Topliss-reactive ketones (excluding diaryl/α,β-unsaturated/α-hetero) is 1. The zero-order valence-electron chi connectivity index (χ0n) is 11.6. The Kier molecular flexibility index (Phi) is 1.95. The number of ether oxygens (including phenoxy) is 1. The number of phenols is 1. The van der Waals surface area contributed by atoms with Crippen LogP contribution < -0.4 is 10.1 Å². The van der Waals surface area contributed by atoms with Crippen molar-refractivity contribution in [2.24, 2.45) is 0 Å². The second kappa shape index (κ2) is 3.42. The molecule has 5 heteroatoms. The summed E-state index contributed by atoms with van der Waals surface area (Å²) in [6.07, 6.45) is 1.54. The molecule has 1 saturated heterocycles. The maximum Gasteiger partial charge on any atom is 0.174 e. The second-order valence-electron chi connectivity index (χ2n) is 6.77. The number of benzene rings is 1. The average Bonchev–Trinajstić information content (AvgIpc) is 2.80. The molecule has 2 bridgehead atoms. The Morgan fingerprint density at radius 1 is 1.33 bits per heavy atom. The van der Waals surface area contributed by atoms with E-state index in [0.29, 0.717) is 31.4 Å². The molecule has 4 aliphatic rings. The SMILES string of the molecule is O=C1CC[C@@]2(O)[C@H]3Cc4ccc(O)c5c4[C@@]2(CCN3)[C@@H]1O5. The number of carbonyl (C=O) groups is 1. The lowest BCUT2D eigenvalue weighted by Gasteiger charge is -2.59. The van der Waals surface area contributed by atoms with Crippen LogP contribution in [0.1, 0.15) is 30.4 Å². The third-order valence-electron chi connectivity index (χ3n) is 6.08. The molecule has 3 N–H and O–H groups in total. The van der Waals surface area contributed by atoms with Crippen LogP contribution in [0.5, 0.6) is 11.5 Å². The van der Waals surface area contributed by atoms with Crippen LogP contribution in [0.15, 0.2) is 12.1 Å². The van der Waals surface area contributed by atoms with Gasteiger partial charge in [-0.1, -0.05) is 6.07 Å². The molecule has 1 aromatic carbocycles. The molecule has 5 rings (SSSR count). The van der Waals surface area contributed by atoms with E-state index in [1.54, 1.807) is 6.07 Å². The highest BCUT2D eigenvalue weighted by atomic mass is 16.5. The number of aromatic hydroxyl groups is 1. The van der Waals surface area contributed by atoms with Crippen LogP contribution in [-0.4, -0.2) is 40.3 Å². The van der Waals surface area contributed by atoms with Gasteiger partial charge >= 0.3 is 0 Å². The Bertz CT molecular complexity index is 687. The molecule has 2 heterocycles. The fourth-order valence-corrected chi connectivity index (χ4v) is 5.22. The van der Waals surface area contributed by atoms with Gasteiger partial charge in [-0.25, -0.2) is 0 Å². The lowest BCUT2D eigenvalue weighted by Crippen LogP contribution is -2.76. The van der Waals surface area contributed by atoms with E-state index in [1.807, 2.05) is 6.07 Å². The standard InChI is InChI=1S/C16H17NO4/c18-9-2-1-8-7-11-16(20)4-3-10(19)14-15(16,5-6-17-11)12(8)13(9)21-14/h1-2,11,14,17-18,20H,3-7H2/t11-,14-,15+,16-/m1/s1. The summed E-state index contributed by atoms with van der Waals surface area (Å²) < 4.78 is 5.90. The van der Waals surface area contributed by atoms with Crippen molar-refractivity contribution in [3.8, 4) is 11.5 Å². The van der Waals surface area contributed by atoms with Crippen LogP contribution in [0.3, 0.4) is 0 Å². The van der Waals surface area contributed by atoms with Crippen molar-refractivity contribution in [3.63, 3.8) is 0 Å². The number of aliphatic hydroxyl groups is 1. The van der Waals surface area contributed by atoms with E-state index in [4.69, 9.17) is 4.74 Å². The van der Waals surface area contributed by atoms with Crippen LogP contribution >= 0.6 is 0 Å². The number of hydrogen-bond donors (Lipinski definition) is 3. The third kappa shape index (κ3) is 1.09. The molecule has 0 aromatic heterocycles. The minimum absolute atomic E-state index is 0.0452. The zero-order valence-corrected chi connectivity index (χ0v) is 11.6. The van der Waals surface area contributed by atoms with Gasteiger partial charge in [0.25, 0.3) is 0 Å². The Balaban J connectivity index is 1.89. The summed E-state index contributed by atoms with van der Waals surface area (Å²) in [6.45, 7) is 0.759. The van der Waals surface area contributed by atoms with Gasteiger partial charge in [-0.05, 0) is 37.4 Å². The van der Waals surface area contributed by atoms with E-state index in [0.717, 1.165) is 17.7 Å². The zero-order chi connectivity index (χ0) is 14.4. The van der Waals surface area contributed by atoms with Gasteiger partial charge in [-0.2, -0.15) is 0 Å². The molecule has 1 aromatic rings. The summed E-state index contributed by atoms with van der Waals surface area (Å²) in [5, 5.41) is 25.0. The molecule has 110 valence electrons. The first-order valence-electron chi connectivity index (χ1n) is 7.58. The van der Waals surface area contributed by atoms with Gasteiger partial charge in [0.15, 0.2) is 23.4 Å². The van der Waals surface area contributed by atoms with Gasteiger partial charge in [-0.3, -0.25) is 4.79 Å². The first-order valence-corrected chi connectivity index (χ1v) is 7.58. The molecule has 2 fully saturated rings. The Hall–Kier alpha value is -1.59. The molecular formula is C16H17NO4. The first-order chi connectivity index (χ1) is 10.1. The van der Waals surface area contributed by atoms with Crippen LogP contribution in [-0.2, 0) is 16.6 Å². The fraction of sp³-hybridized carbons (Fsp3) is 0.562. The molecular weight excluding hydrogens is 270 g/mol. The quantitative estimate of drug-likeness (QED) is 0.644. The second-order valence-corrected chi connectivity index (χ2v) is 6.77. The molecule has 2 aliphatic carbocycles. The van der Waals surface area contributed by atoms with E-state index in [-0.39, 0.29) is 17.6 Å². The topological polar surface area (TPSA) is 78.8 Å². The predicted octanol–water partition coefficient (Wildman–Crippen LogP) is 0.403. The lowest BCUT2D eigenvalue weighted by atomic mass is 9.49. The van der Waals surface area contributed by atoms with Crippen molar-refractivity contribution in [2.75, 3.05) is 6.54 Å². The van der Waals surface area contributed by atoms with Crippen molar-refractivity contribution in [2.45, 2.75) is 48.8 Å². The highest BCUT2D eigenvalue weighted by Crippen LogP contribution is 2.63. The summed E-state index contributed by atoms with van der Waals surface area (Å²) >= 11 is 0. The van der Waals surface area contributed by atoms with Gasteiger partial charge in [0, 0.05) is 18.0 Å². The van der Waals surface area contributed by atoms with E-state index < -0.39 is 17.1 Å². The molecule has 0 amide bonds. The molecule has 0 unspecified atom stereocenters. The largest absolute Gasteiger partial charge is 0.504 e. The Labute approximate surface area is 121 Å². The predicted molar refractivity (Wildman–Crippen MR) is 73.5 cm³/mol. The summed E-state index contributed by atoms with van der Waals surface area (Å²) in [4.78, 5) is 12.4. The number of rotatable bonds is 0. The smallest absolute Gasteiger partial charge is 0.174 e. The minimum atomic E-state index is -0.962. The van der Waals surface area contributed by atoms with Gasteiger partial charge in [0.05, 0.1) is 11.0 Å². The maximum atomic E-state index is 12.4. The van der Waals surface area contributed by atoms with Gasteiger partial charge in [0.2, 0.25) is 0 Å². The van der Waals surface area contributed by atoms with Crippen molar-refractivity contribution < 1.29 is 19.7 Å². The molecule has 21 heavy (non-hydrogen) atoms. The van der Waals surface area contributed by atoms with Gasteiger partial charge < -0.3 is 20.3 Å². The Morgan fingerprint density at radius 2 is 2.19 bits per heavy atom. The lowest BCUT2D eigenvalue weighted by molar-refractivity contribution is -0.166. The molecule has 2 aliphatic heterocycles. The number of ketones is 1. The monoisotopic (exact) mass is 287 g/mol. The van der Waals surface area contributed by atoms with Crippen LogP contribution in [0.4, 0.5) is 0 Å². The molecule has 1 saturated carbocycles. The number of phenolic OH excluding ortho intramolecular Hbond substituents is 1. The first kappa shape index (κ1) is 12.0. The van der Waals surface area contributed by atoms with Crippen LogP contribution in [0.2, 0.25) is 0 Å². The van der Waals surface area contributed by atoms with Crippen molar-refractivity contribution in [1.82, 2.24) is 5.32 Å². The van der Waals surface area contributed by atoms with Crippen molar-refractivity contribution in [1.29, 1.82) is 0 Å². The third-order valence-corrected chi connectivity index (χ3v) is 6.08. The number of carbonyl (C=O) groups excluding carboxylic acids is 1. The van der Waals surface area contributed by atoms with Gasteiger partial charge in [0.1, 0.15) is 0 Å². The molecule has 1 spiro atoms. The van der Waals surface area contributed by atoms with Crippen molar-refractivity contribution >= 4 is 5.78 Å². The maximum absolute atomic E-state index is 12.4. The molecule has 0 radical (unpaired) electrons. The normalized spacial score (nSPS) is 42.4. The number of nitrogens with one attached hydrogen (secondary N) is 1. The van der Waals surface area contributed by atoms with Crippen LogP contribution in [0.25, 0.3) is 0 Å². The molecule has 4 atom stereocenters. The van der Waals surface area contributed by atoms with E-state index in [9.17, 15) is 15.0 Å². The van der Waals surface area contributed by atoms with E-state index in [1.165, 1.54) is 0 Å². The number of piperidine rings is 1. The Morgan fingerprint density at radius 3 is 3.05 bits per heavy atom. The fourth-order valence-electron chi connectivity index (χ4n) is 5.22. The molecule has 5 nitrogen and oxygen atoms in total.